The van der Waals surface area contributed by atoms with Gasteiger partial charge in [0, 0.05) is 25.9 Å². The Morgan fingerprint density at radius 1 is 1.36 bits per heavy atom. The molecule has 1 heterocycles. The summed E-state index contributed by atoms with van der Waals surface area (Å²) in [6.07, 6.45) is 3.24. The van der Waals surface area contributed by atoms with Gasteiger partial charge in [0.1, 0.15) is 18.0 Å². The summed E-state index contributed by atoms with van der Waals surface area (Å²) in [4.78, 5) is 14.8. The molecule has 2 atom stereocenters. The second kappa shape index (κ2) is 9.20. The van der Waals surface area contributed by atoms with E-state index in [0.29, 0.717) is 13.0 Å². The predicted octanol–water partition coefficient (Wildman–Crippen LogP) is 3.55. The minimum absolute atomic E-state index is 0.134. The highest BCUT2D eigenvalue weighted by Crippen LogP contribution is 2.20. The third-order valence-corrected chi connectivity index (χ3v) is 5.14. The highest BCUT2D eigenvalue weighted by molar-refractivity contribution is 5.97. The fraction of sp³-hybridized carbons (Fsp3) is 0.650. The molecule has 0 saturated carbocycles. The van der Waals surface area contributed by atoms with Crippen LogP contribution in [0.5, 0.6) is 5.75 Å². The number of anilines is 1. The number of hydrogen-bond acceptors (Lipinski definition) is 4. The van der Waals surface area contributed by atoms with E-state index < -0.39 is 5.60 Å². The van der Waals surface area contributed by atoms with Crippen molar-refractivity contribution in [1.82, 2.24) is 4.90 Å². The standard InChI is InChI=1S/C20H32N2O3/c1-5-20(3,24-4)19(23)21-17-8-10-18(11-9-17)25-14-13-22-12-6-7-16(2)15-22/h8-11,16H,5-7,12-15H2,1-4H3,(H,21,23)/t16-,20-/m0/s1. The van der Waals surface area contributed by atoms with E-state index in [4.69, 9.17) is 9.47 Å². The molecule has 5 nitrogen and oxygen atoms in total. The van der Waals surface area contributed by atoms with Crippen LogP contribution < -0.4 is 10.1 Å². The molecule has 1 aliphatic rings. The lowest BCUT2D eigenvalue weighted by atomic mass is 10.0. The maximum atomic E-state index is 12.3. The van der Waals surface area contributed by atoms with Crippen molar-refractivity contribution >= 4 is 11.6 Å². The number of ether oxygens (including phenoxy) is 2. The van der Waals surface area contributed by atoms with E-state index in [1.165, 1.54) is 25.9 Å². The highest BCUT2D eigenvalue weighted by Gasteiger charge is 2.30. The summed E-state index contributed by atoms with van der Waals surface area (Å²) in [6, 6.07) is 7.51. The number of methoxy groups -OCH3 is 1. The monoisotopic (exact) mass is 348 g/mol. The van der Waals surface area contributed by atoms with Gasteiger partial charge in [-0.25, -0.2) is 0 Å². The van der Waals surface area contributed by atoms with E-state index in [-0.39, 0.29) is 5.91 Å². The number of nitrogens with one attached hydrogen (secondary N) is 1. The number of nitrogens with zero attached hydrogens (tertiary/aromatic N) is 1. The topological polar surface area (TPSA) is 50.8 Å². The number of rotatable bonds is 8. The van der Waals surface area contributed by atoms with Crippen LogP contribution in [0, 0.1) is 5.92 Å². The van der Waals surface area contributed by atoms with Crippen molar-refractivity contribution in [2.24, 2.45) is 5.92 Å². The van der Waals surface area contributed by atoms with Crippen LogP contribution >= 0.6 is 0 Å². The molecule has 1 aromatic carbocycles. The van der Waals surface area contributed by atoms with Crippen LogP contribution in [0.4, 0.5) is 5.69 Å². The molecule has 0 spiro atoms. The molecule has 0 radical (unpaired) electrons. The number of hydrogen-bond donors (Lipinski definition) is 1. The molecule has 140 valence electrons. The highest BCUT2D eigenvalue weighted by atomic mass is 16.5. The van der Waals surface area contributed by atoms with Gasteiger partial charge in [0.05, 0.1) is 0 Å². The second-order valence-electron chi connectivity index (χ2n) is 7.16. The molecule has 1 saturated heterocycles. The van der Waals surface area contributed by atoms with Gasteiger partial charge in [-0.1, -0.05) is 13.8 Å². The van der Waals surface area contributed by atoms with Crippen LogP contribution in [-0.4, -0.2) is 49.8 Å². The first-order valence-corrected chi connectivity index (χ1v) is 9.28. The molecule has 1 aromatic rings. The zero-order valence-corrected chi connectivity index (χ0v) is 16.0. The molecule has 25 heavy (non-hydrogen) atoms. The molecule has 0 aromatic heterocycles. The molecule has 5 heteroatoms. The summed E-state index contributed by atoms with van der Waals surface area (Å²) in [7, 11) is 1.56. The maximum Gasteiger partial charge on any atom is 0.256 e. The molecular formula is C20H32N2O3. The molecule has 0 unspecified atom stereocenters. The maximum absolute atomic E-state index is 12.3. The average molecular weight is 348 g/mol. The van der Waals surface area contributed by atoms with Gasteiger partial charge < -0.3 is 14.8 Å². The van der Waals surface area contributed by atoms with E-state index in [1.54, 1.807) is 14.0 Å². The van der Waals surface area contributed by atoms with Gasteiger partial charge in [0.25, 0.3) is 5.91 Å². The zero-order valence-electron chi connectivity index (χ0n) is 16.0. The van der Waals surface area contributed by atoms with Crippen LogP contribution in [0.1, 0.15) is 40.0 Å². The van der Waals surface area contributed by atoms with Crippen LogP contribution in [0.2, 0.25) is 0 Å². The lowest BCUT2D eigenvalue weighted by Crippen LogP contribution is -2.41. The number of amides is 1. The molecule has 0 aliphatic carbocycles. The van der Waals surface area contributed by atoms with Crippen molar-refractivity contribution in [2.75, 3.05) is 38.7 Å². The van der Waals surface area contributed by atoms with Crippen molar-refractivity contribution in [3.05, 3.63) is 24.3 Å². The van der Waals surface area contributed by atoms with Crippen molar-refractivity contribution in [3.63, 3.8) is 0 Å². The summed E-state index contributed by atoms with van der Waals surface area (Å²) in [6.45, 7) is 10.0. The Hall–Kier alpha value is -1.59. The molecule has 1 fully saturated rings. The van der Waals surface area contributed by atoms with E-state index in [9.17, 15) is 4.79 Å². The second-order valence-corrected chi connectivity index (χ2v) is 7.16. The molecular weight excluding hydrogens is 316 g/mol. The summed E-state index contributed by atoms with van der Waals surface area (Å²) in [5, 5.41) is 2.90. The first-order valence-electron chi connectivity index (χ1n) is 9.28. The number of piperidine rings is 1. The quantitative estimate of drug-likeness (QED) is 0.780. The fourth-order valence-corrected chi connectivity index (χ4v) is 3.08. The van der Waals surface area contributed by atoms with Gasteiger partial charge in [-0.2, -0.15) is 0 Å². The smallest absolute Gasteiger partial charge is 0.256 e. The van der Waals surface area contributed by atoms with Crippen molar-refractivity contribution in [1.29, 1.82) is 0 Å². The predicted molar refractivity (Wildman–Crippen MR) is 101 cm³/mol. The third kappa shape index (κ3) is 5.72. The molecule has 1 amide bonds. The first kappa shape index (κ1) is 19.7. The first-order chi connectivity index (χ1) is 12.0. The largest absolute Gasteiger partial charge is 0.492 e. The number of carbonyl (C=O) groups is 1. The minimum atomic E-state index is -0.805. The molecule has 0 bridgehead atoms. The zero-order chi connectivity index (χ0) is 18.3. The van der Waals surface area contributed by atoms with E-state index in [0.717, 1.165) is 23.9 Å². The Balaban J connectivity index is 1.78. The minimum Gasteiger partial charge on any atom is -0.492 e. The van der Waals surface area contributed by atoms with Gasteiger partial charge in [0.15, 0.2) is 0 Å². The van der Waals surface area contributed by atoms with Gasteiger partial charge >= 0.3 is 0 Å². The SMILES string of the molecule is CC[C@](C)(OC)C(=O)Nc1ccc(OCCN2CCC[C@H](C)C2)cc1. The number of benzene rings is 1. The van der Waals surface area contributed by atoms with Crippen LogP contribution in [0.25, 0.3) is 0 Å². The normalized spacial score (nSPS) is 20.7. The summed E-state index contributed by atoms with van der Waals surface area (Å²) in [5.41, 5.74) is -0.0558. The number of likely N-dealkylation sites (tertiary alicyclic amines) is 1. The summed E-state index contributed by atoms with van der Waals surface area (Å²) in [5.74, 6) is 1.48. The Morgan fingerprint density at radius 2 is 2.08 bits per heavy atom. The molecule has 1 N–H and O–H groups in total. The van der Waals surface area contributed by atoms with Gasteiger partial charge in [-0.05, 0) is 62.9 Å². The lowest BCUT2D eigenvalue weighted by Gasteiger charge is -2.30. The van der Waals surface area contributed by atoms with E-state index in [2.05, 4.69) is 17.1 Å². The summed E-state index contributed by atoms with van der Waals surface area (Å²) >= 11 is 0. The van der Waals surface area contributed by atoms with Gasteiger partial charge in [0.2, 0.25) is 0 Å². The van der Waals surface area contributed by atoms with Crippen molar-refractivity contribution < 1.29 is 14.3 Å². The Bertz CT molecular complexity index is 540. The third-order valence-electron chi connectivity index (χ3n) is 5.14. The summed E-state index contributed by atoms with van der Waals surface area (Å²) < 4.78 is 11.2. The lowest BCUT2D eigenvalue weighted by molar-refractivity contribution is -0.136. The average Bonchev–Trinajstić information content (AvgIpc) is 2.62. The van der Waals surface area contributed by atoms with E-state index in [1.807, 2.05) is 31.2 Å². The van der Waals surface area contributed by atoms with Crippen LogP contribution in [-0.2, 0) is 9.53 Å². The number of carbonyl (C=O) groups excluding carboxylic acids is 1. The van der Waals surface area contributed by atoms with Crippen LogP contribution in [0.15, 0.2) is 24.3 Å². The van der Waals surface area contributed by atoms with Crippen LogP contribution in [0.3, 0.4) is 0 Å². The Kier molecular flexibility index (Phi) is 7.26. The Morgan fingerprint density at radius 3 is 2.68 bits per heavy atom. The Labute approximate surface area is 151 Å². The van der Waals surface area contributed by atoms with Crippen molar-refractivity contribution in [3.8, 4) is 5.75 Å². The fourth-order valence-electron chi connectivity index (χ4n) is 3.08. The van der Waals surface area contributed by atoms with Gasteiger partial charge in [-0.15, -0.1) is 0 Å². The van der Waals surface area contributed by atoms with Crippen molar-refractivity contribution in [2.45, 2.75) is 45.6 Å². The van der Waals surface area contributed by atoms with Gasteiger partial charge in [-0.3, -0.25) is 9.69 Å². The molecule has 1 aliphatic heterocycles. The van der Waals surface area contributed by atoms with E-state index >= 15 is 0 Å². The molecule has 2 rings (SSSR count).